The first-order chi connectivity index (χ1) is 7.72. The maximum absolute atomic E-state index is 8.91. The molecule has 1 aromatic rings. The lowest BCUT2D eigenvalue weighted by molar-refractivity contribution is 0.444. The average Bonchev–Trinajstić information content (AvgIpc) is 2.29. The first-order valence-corrected chi connectivity index (χ1v) is 5.89. The molecule has 1 fully saturated rings. The number of aromatic nitrogens is 1. The van der Waals surface area contributed by atoms with Crippen molar-refractivity contribution in [2.45, 2.75) is 19.8 Å². The molecular formula is C12H14ClN3. The van der Waals surface area contributed by atoms with Gasteiger partial charge < -0.3 is 4.90 Å². The molecule has 1 aromatic heterocycles. The molecule has 1 aliphatic heterocycles. The van der Waals surface area contributed by atoms with E-state index in [-0.39, 0.29) is 0 Å². The second kappa shape index (κ2) is 4.71. The highest BCUT2D eigenvalue weighted by Gasteiger charge is 2.20. The van der Waals surface area contributed by atoms with E-state index >= 15 is 0 Å². The van der Waals surface area contributed by atoms with Gasteiger partial charge in [0.1, 0.15) is 16.9 Å². The molecule has 0 radical (unpaired) electrons. The maximum atomic E-state index is 8.91. The van der Waals surface area contributed by atoms with Gasteiger partial charge in [-0.25, -0.2) is 4.98 Å². The predicted molar refractivity (Wildman–Crippen MR) is 64.6 cm³/mol. The fourth-order valence-corrected chi connectivity index (χ4v) is 2.39. The van der Waals surface area contributed by atoms with E-state index in [0.29, 0.717) is 16.5 Å². The standard InChI is InChI=1S/C12H14ClN3/c1-9-3-2-6-16(8-9)12-11(13)10(7-14)4-5-15-12/h4-5,9H,2-3,6,8H2,1H3. The van der Waals surface area contributed by atoms with Crippen LogP contribution in [0.1, 0.15) is 25.3 Å². The highest BCUT2D eigenvalue weighted by Crippen LogP contribution is 2.29. The molecule has 0 saturated carbocycles. The van der Waals surface area contributed by atoms with Crippen LogP contribution in [0.3, 0.4) is 0 Å². The zero-order valence-corrected chi connectivity index (χ0v) is 10.0. The van der Waals surface area contributed by atoms with Crippen LogP contribution in [-0.2, 0) is 0 Å². The Hall–Kier alpha value is -1.27. The van der Waals surface area contributed by atoms with Crippen LogP contribution in [0.5, 0.6) is 0 Å². The molecule has 0 amide bonds. The van der Waals surface area contributed by atoms with E-state index < -0.39 is 0 Å². The molecule has 2 heterocycles. The second-order valence-corrected chi connectivity index (χ2v) is 4.68. The molecule has 0 aliphatic carbocycles. The van der Waals surface area contributed by atoms with Crippen LogP contribution in [0.4, 0.5) is 5.82 Å². The van der Waals surface area contributed by atoms with E-state index in [1.807, 2.05) is 0 Å². The van der Waals surface area contributed by atoms with Crippen LogP contribution in [0.25, 0.3) is 0 Å². The van der Waals surface area contributed by atoms with Gasteiger partial charge >= 0.3 is 0 Å². The topological polar surface area (TPSA) is 39.9 Å². The van der Waals surface area contributed by atoms with Gasteiger partial charge in [-0.3, -0.25) is 0 Å². The molecule has 0 N–H and O–H groups in total. The highest BCUT2D eigenvalue weighted by atomic mass is 35.5. The van der Waals surface area contributed by atoms with Crippen molar-refractivity contribution in [1.29, 1.82) is 5.26 Å². The number of rotatable bonds is 1. The van der Waals surface area contributed by atoms with Crippen molar-refractivity contribution in [3.05, 3.63) is 22.8 Å². The molecule has 3 nitrogen and oxygen atoms in total. The Morgan fingerprint density at radius 2 is 2.44 bits per heavy atom. The molecule has 4 heteroatoms. The fraction of sp³-hybridized carbons (Fsp3) is 0.500. The summed E-state index contributed by atoms with van der Waals surface area (Å²) in [6.45, 7) is 4.18. The number of hydrogen-bond acceptors (Lipinski definition) is 3. The van der Waals surface area contributed by atoms with Crippen molar-refractivity contribution in [3.8, 4) is 6.07 Å². The quantitative estimate of drug-likeness (QED) is 0.752. The number of piperidine rings is 1. The lowest BCUT2D eigenvalue weighted by Crippen LogP contribution is -2.35. The minimum absolute atomic E-state index is 0.485. The first kappa shape index (κ1) is 11.2. The zero-order chi connectivity index (χ0) is 11.5. The van der Waals surface area contributed by atoms with Gasteiger partial charge in [0.25, 0.3) is 0 Å². The molecular weight excluding hydrogens is 222 g/mol. The second-order valence-electron chi connectivity index (χ2n) is 4.30. The Balaban J connectivity index is 2.30. The molecule has 2 rings (SSSR count). The third kappa shape index (κ3) is 2.12. The van der Waals surface area contributed by atoms with E-state index in [9.17, 15) is 0 Å². The number of halogens is 1. The number of hydrogen-bond donors (Lipinski definition) is 0. The molecule has 1 saturated heterocycles. The monoisotopic (exact) mass is 235 g/mol. The Bertz CT molecular complexity index is 425. The summed E-state index contributed by atoms with van der Waals surface area (Å²) in [6, 6.07) is 3.74. The van der Waals surface area contributed by atoms with Gasteiger partial charge in [0.05, 0.1) is 5.56 Å². The Labute approximate surface area is 101 Å². The van der Waals surface area contributed by atoms with Crippen LogP contribution < -0.4 is 4.90 Å². The Kier molecular flexibility index (Phi) is 3.31. The van der Waals surface area contributed by atoms with E-state index in [0.717, 1.165) is 25.3 Å². The van der Waals surface area contributed by atoms with Crippen molar-refractivity contribution in [3.63, 3.8) is 0 Å². The summed E-state index contributed by atoms with van der Waals surface area (Å²) < 4.78 is 0. The average molecular weight is 236 g/mol. The van der Waals surface area contributed by atoms with E-state index in [1.54, 1.807) is 12.3 Å². The van der Waals surface area contributed by atoms with Gasteiger partial charge in [0, 0.05) is 19.3 Å². The molecule has 16 heavy (non-hydrogen) atoms. The van der Waals surface area contributed by atoms with Gasteiger partial charge in [-0.1, -0.05) is 18.5 Å². The number of pyridine rings is 1. The Morgan fingerprint density at radius 1 is 1.62 bits per heavy atom. The van der Waals surface area contributed by atoms with E-state index in [4.69, 9.17) is 16.9 Å². The predicted octanol–water partition coefficient (Wildman–Crippen LogP) is 2.84. The van der Waals surface area contributed by atoms with Crippen LogP contribution in [-0.4, -0.2) is 18.1 Å². The number of nitriles is 1. The van der Waals surface area contributed by atoms with Gasteiger partial charge in [0.15, 0.2) is 0 Å². The molecule has 1 aliphatic rings. The lowest BCUT2D eigenvalue weighted by Gasteiger charge is -2.32. The summed E-state index contributed by atoms with van der Waals surface area (Å²) in [5.41, 5.74) is 0.505. The SMILES string of the molecule is CC1CCCN(c2nccc(C#N)c2Cl)C1. The van der Waals surface area contributed by atoms with Gasteiger partial charge in [-0.2, -0.15) is 5.26 Å². The van der Waals surface area contributed by atoms with E-state index in [1.165, 1.54) is 6.42 Å². The van der Waals surface area contributed by atoms with Gasteiger partial charge in [0.2, 0.25) is 0 Å². The summed E-state index contributed by atoms with van der Waals surface area (Å²) in [4.78, 5) is 6.47. The minimum Gasteiger partial charge on any atom is -0.355 e. The number of nitrogens with zero attached hydrogens (tertiary/aromatic N) is 3. The summed E-state index contributed by atoms with van der Waals surface area (Å²) in [5.74, 6) is 1.42. The summed E-state index contributed by atoms with van der Waals surface area (Å²) in [6.07, 6.45) is 4.07. The summed E-state index contributed by atoms with van der Waals surface area (Å²) >= 11 is 6.16. The fourth-order valence-electron chi connectivity index (χ4n) is 2.12. The van der Waals surface area contributed by atoms with Crippen molar-refractivity contribution in [2.24, 2.45) is 5.92 Å². The first-order valence-electron chi connectivity index (χ1n) is 5.52. The number of anilines is 1. The van der Waals surface area contributed by atoms with Crippen LogP contribution in [0.15, 0.2) is 12.3 Å². The highest BCUT2D eigenvalue weighted by molar-refractivity contribution is 6.34. The molecule has 84 valence electrons. The van der Waals surface area contributed by atoms with E-state index in [2.05, 4.69) is 22.9 Å². The van der Waals surface area contributed by atoms with Crippen molar-refractivity contribution < 1.29 is 0 Å². The Morgan fingerprint density at radius 3 is 3.12 bits per heavy atom. The lowest BCUT2D eigenvalue weighted by atomic mass is 10.0. The molecule has 1 unspecified atom stereocenters. The third-order valence-corrected chi connectivity index (χ3v) is 3.32. The van der Waals surface area contributed by atoms with Crippen LogP contribution in [0, 0.1) is 17.2 Å². The van der Waals surface area contributed by atoms with Crippen LogP contribution in [0.2, 0.25) is 5.02 Å². The minimum atomic E-state index is 0.485. The third-order valence-electron chi connectivity index (χ3n) is 2.95. The van der Waals surface area contributed by atoms with Gasteiger partial charge in [-0.15, -0.1) is 0 Å². The van der Waals surface area contributed by atoms with Crippen molar-refractivity contribution in [1.82, 2.24) is 4.98 Å². The zero-order valence-electron chi connectivity index (χ0n) is 9.28. The molecule has 1 atom stereocenters. The largest absolute Gasteiger partial charge is 0.355 e. The smallest absolute Gasteiger partial charge is 0.148 e. The summed E-state index contributed by atoms with van der Waals surface area (Å²) in [5, 5.41) is 9.40. The van der Waals surface area contributed by atoms with Gasteiger partial charge in [-0.05, 0) is 24.8 Å². The van der Waals surface area contributed by atoms with Crippen molar-refractivity contribution in [2.75, 3.05) is 18.0 Å². The maximum Gasteiger partial charge on any atom is 0.148 e. The summed E-state index contributed by atoms with van der Waals surface area (Å²) in [7, 11) is 0. The normalized spacial score (nSPS) is 20.6. The van der Waals surface area contributed by atoms with Crippen molar-refractivity contribution >= 4 is 17.4 Å². The van der Waals surface area contributed by atoms with Crippen LogP contribution >= 0.6 is 11.6 Å². The molecule has 0 aromatic carbocycles. The molecule has 0 bridgehead atoms. The molecule has 0 spiro atoms.